The van der Waals surface area contributed by atoms with Gasteiger partial charge in [0.15, 0.2) is 34.9 Å². The summed E-state index contributed by atoms with van der Waals surface area (Å²) in [5.41, 5.74) is 1.14. The van der Waals surface area contributed by atoms with E-state index < -0.39 is 11.9 Å². The molecule has 218 valence electrons. The molecule has 12 heteroatoms. The summed E-state index contributed by atoms with van der Waals surface area (Å²) >= 11 is 2.93. The van der Waals surface area contributed by atoms with Crippen molar-refractivity contribution in [1.82, 2.24) is 0 Å². The van der Waals surface area contributed by atoms with Gasteiger partial charge in [0.25, 0.3) is 0 Å². The van der Waals surface area contributed by atoms with Crippen molar-refractivity contribution in [3.8, 4) is 23.0 Å². The van der Waals surface area contributed by atoms with Crippen molar-refractivity contribution in [1.29, 1.82) is 0 Å². The zero-order chi connectivity index (χ0) is 30.1. The van der Waals surface area contributed by atoms with Crippen molar-refractivity contribution in [3.05, 3.63) is 46.2 Å². The Morgan fingerprint density at radius 3 is 1.95 bits per heavy atom. The molecule has 42 heavy (non-hydrogen) atoms. The van der Waals surface area contributed by atoms with Crippen LogP contribution in [0.3, 0.4) is 0 Å². The van der Waals surface area contributed by atoms with Crippen LogP contribution in [0.4, 0.5) is 0 Å². The molecule has 4 unspecified atom stereocenters. The number of fused-ring (bicyclic) bond motifs is 3. The van der Waals surface area contributed by atoms with Crippen LogP contribution >= 0.6 is 23.1 Å². The number of ether oxygens (including phenoxy) is 5. The average molecular weight is 612 g/mol. The van der Waals surface area contributed by atoms with E-state index in [9.17, 15) is 19.2 Å². The number of Topliss-reactive ketones (excluding diaryl/α,β-unsaturated/α-hetero) is 1. The highest BCUT2D eigenvalue weighted by Crippen LogP contribution is 2.46. The molecule has 0 radical (unpaired) electrons. The summed E-state index contributed by atoms with van der Waals surface area (Å²) in [6.07, 6.45) is 3.12. The first-order valence-electron chi connectivity index (χ1n) is 12.9. The lowest BCUT2D eigenvalue weighted by Gasteiger charge is -2.06. The highest BCUT2D eigenvalue weighted by Gasteiger charge is 2.57. The van der Waals surface area contributed by atoms with Gasteiger partial charge in [-0.1, -0.05) is 0 Å². The molecule has 1 N–H and O–H groups in total. The van der Waals surface area contributed by atoms with Crippen LogP contribution in [0.25, 0.3) is 16.2 Å². The SMILES string of the molecule is COc1cc2c(cc1OC)S[C+]=C2.COc1cc2cc(C(=O)C3CC3C(=O)O)sc2cc1OC.O=C1OC(=O)C2CC12. The number of carboxylic acids is 1. The Bertz CT molecular complexity index is 1550. The Kier molecular flexibility index (Phi) is 8.40. The number of aliphatic carboxylic acids is 1. The smallest absolute Gasteiger partial charge is 0.317 e. The number of rotatable bonds is 7. The normalized spacial score (nSPS) is 21.8. The van der Waals surface area contributed by atoms with E-state index in [0.717, 1.165) is 38.5 Å². The number of carbonyl (C=O) groups excluding carboxylic acids is 3. The van der Waals surface area contributed by atoms with Gasteiger partial charge in [0.2, 0.25) is 0 Å². The molecule has 1 saturated heterocycles. The van der Waals surface area contributed by atoms with E-state index >= 15 is 0 Å². The topological polar surface area (TPSA) is 135 Å². The number of esters is 2. The molecule has 2 aliphatic carbocycles. The monoisotopic (exact) mass is 611 g/mol. The van der Waals surface area contributed by atoms with Crippen molar-refractivity contribution in [2.24, 2.45) is 23.7 Å². The van der Waals surface area contributed by atoms with Crippen molar-refractivity contribution in [3.63, 3.8) is 0 Å². The predicted molar refractivity (Wildman–Crippen MR) is 154 cm³/mol. The lowest BCUT2D eigenvalue weighted by Crippen LogP contribution is -2.06. The molecule has 0 bridgehead atoms. The van der Waals surface area contributed by atoms with Crippen LogP contribution in [0, 0.1) is 29.1 Å². The van der Waals surface area contributed by atoms with Gasteiger partial charge in [0.05, 0.1) is 68.9 Å². The van der Waals surface area contributed by atoms with Gasteiger partial charge in [-0.3, -0.25) is 19.2 Å². The maximum absolute atomic E-state index is 12.3. The molecule has 2 saturated carbocycles. The lowest BCUT2D eigenvalue weighted by atomic mass is 10.1. The molecule has 2 aromatic carbocycles. The van der Waals surface area contributed by atoms with Gasteiger partial charge in [-0.25, -0.2) is 0 Å². The van der Waals surface area contributed by atoms with Crippen molar-refractivity contribution >= 4 is 63.0 Å². The van der Waals surface area contributed by atoms with Crippen LogP contribution in [0.1, 0.15) is 28.1 Å². The first-order chi connectivity index (χ1) is 20.2. The number of carbonyl (C=O) groups is 4. The number of benzene rings is 2. The van der Waals surface area contributed by atoms with Gasteiger partial charge in [-0.15, -0.1) is 11.3 Å². The molecule has 10 nitrogen and oxygen atoms in total. The summed E-state index contributed by atoms with van der Waals surface area (Å²) in [6, 6.07) is 9.37. The third-order valence-corrected chi connectivity index (χ3v) is 9.13. The summed E-state index contributed by atoms with van der Waals surface area (Å²) in [7, 11) is 6.40. The fraction of sp³-hybridized carbons (Fsp3) is 0.333. The average Bonchev–Trinajstić information content (AvgIpc) is 3.86. The zero-order valence-corrected chi connectivity index (χ0v) is 24.8. The molecule has 3 heterocycles. The predicted octanol–water partition coefficient (Wildman–Crippen LogP) is 5.11. The standard InChI is InChI=1S/C15H14O5S.C10H9O2S.C5H4O3/c1-19-10-3-7-4-13(21-12(7)6-11(10)20-2)14(16)8-5-9(8)15(17)18;1-11-8-5-7-3-4-13-10(7)6-9(8)12-2;6-4-2-1-3(2)5(7)8-4/h3-4,6,8-9H,5H2,1-2H3,(H,17,18);3,5-6H,1-2H3;2-3H,1H2/q;+1;. The highest BCUT2D eigenvalue weighted by atomic mass is 32.2. The van der Waals surface area contributed by atoms with E-state index in [0.29, 0.717) is 22.8 Å². The molecule has 3 aromatic rings. The zero-order valence-electron chi connectivity index (χ0n) is 23.1. The Labute approximate surface area is 249 Å². The van der Waals surface area contributed by atoms with Gasteiger partial charge in [0, 0.05) is 22.8 Å². The molecule has 3 fully saturated rings. The third kappa shape index (κ3) is 5.92. The summed E-state index contributed by atoms with van der Waals surface area (Å²) < 4.78 is 26.0. The van der Waals surface area contributed by atoms with Crippen molar-refractivity contribution in [2.45, 2.75) is 17.7 Å². The van der Waals surface area contributed by atoms with Crippen LogP contribution in [0.5, 0.6) is 23.0 Å². The lowest BCUT2D eigenvalue weighted by molar-refractivity contribution is -0.155. The largest absolute Gasteiger partial charge is 0.493 e. The molecule has 0 amide bonds. The number of ketones is 1. The second-order valence-corrected chi connectivity index (χ2v) is 11.8. The quantitative estimate of drug-likeness (QED) is 0.165. The van der Waals surface area contributed by atoms with Gasteiger partial charge in [0.1, 0.15) is 15.9 Å². The van der Waals surface area contributed by atoms with Gasteiger partial charge in [-0.05, 0) is 30.4 Å². The number of methoxy groups -OCH3 is 4. The summed E-state index contributed by atoms with van der Waals surface area (Å²) in [6.45, 7) is 0. The van der Waals surface area contributed by atoms with Crippen LogP contribution in [-0.2, 0) is 19.1 Å². The summed E-state index contributed by atoms with van der Waals surface area (Å²) in [5, 5.41) is 12.9. The number of thiophene rings is 1. The van der Waals surface area contributed by atoms with Crippen LogP contribution in [0.15, 0.2) is 35.2 Å². The van der Waals surface area contributed by atoms with E-state index in [1.807, 2.05) is 30.3 Å². The molecule has 0 spiro atoms. The number of cyclic esters (lactones) is 2. The number of hydrogen-bond acceptors (Lipinski definition) is 11. The van der Waals surface area contributed by atoms with Crippen LogP contribution < -0.4 is 18.9 Å². The van der Waals surface area contributed by atoms with E-state index in [4.69, 9.17) is 24.1 Å². The molecular weight excluding hydrogens is 584 g/mol. The Hall–Kier alpha value is -4.12. The summed E-state index contributed by atoms with van der Waals surface area (Å²) in [5.74, 6) is 0.139. The second-order valence-electron chi connectivity index (χ2n) is 9.80. The molecule has 7 rings (SSSR count). The molecule has 4 atom stereocenters. The molecule has 1 aromatic heterocycles. The minimum absolute atomic E-state index is 0.0532. The minimum Gasteiger partial charge on any atom is -0.493 e. The molecule has 4 aliphatic rings. The Morgan fingerprint density at radius 1 is 0.833 bits per heavy atom. The van der Waals surface area contributed by atoms with Crippen molar-refractivity contribution in [2.75, 3.05) is 28.4 Å². The van der Waals surface area contributed by atoms with Crippen molar-refractivity contribution < 1.29 is 48.0 Å². The van der Waals surface area contributed by atoms with Gasteiger partial charge in [-0.2, -0.15) is 0 Å². The highest BCUT2D eigenvalue weighted by molar-refractivity contribution is 8.01. The molecule has 2 aliphatic heterocycles. The first-order valence-corrected chi connectivity index (χ1v) is 14.5. The summed E-state index contributed by atoms with van der Waals surface area (Å²) in [4.78, 5) is 45.7. The second kappa shape index (κ2) is 12.0. The number of hydrogen-bond donors (Lipinski definition) is 1. The fourth-order valence-electron chi connectivity index (χ4n) is 4.63. The van der Waals surface area contributed by atoms with Gasteiger partial charge < -0.3 is 28.8 Å². The number of carboxylic acid groups (broad SMARTS) is 1. The Morgan fingerprint density at radius 2 is 1.43 bits per heavy atom. The van der Waals surface area contributed by atoms with E-state index in [1.165, 1.54) is 11.3 Å². The Balaban J connectivity index is 0.000000141. The van der Waals surface area contributed by atoms with E-state index in [-0.39, 0.29) is 35.5 Å². The van der Waals surface area contributed by atoms with E-state index in [1.54, 1.807) is 46.3 Å². The van der Waals surface area contributed by atoms with Crippen LogP contribution in [0.2, 0.25) is 0 Å². The van der Waals surface area contributed by atoms with E-state index in [2.05, 4.69) is 10.1 Å². The fourth-order valence-corrected chi connectivity index (χ4v) is 6.42. The third-order valence-electron chi connectivity index (χ3n) is 7.21. The van der Waals surface area contributed by atoms with Crippen LogP contribution in [-0.4, -0.2) is 57.2 Å². The van der Waals surface area contributed by atoms with Gasteiger partial charge >= 0.3 is 17.9 Å². The molecular formula is C30H27O10S2+. The maximum atomic E-state index is 12.3. The number of thioether (sulfide) groups is 1. The maximum Gasteiger partial charge on any atom is 0.317 e. The minimum atomic E-state index is -0.891. The first kappa shape index (κ1) is 29.4.